The summed E-state index contributed by atoms with van der Waals surface area (Å²) in [6, 6.07) is 16.1. The number of thiazole rings is 1. The molecule has 0 saturated heterocycles. The molecule has 1 aliphatic rings. The molecule has 5 rings (SSSR count). The van der Waals surface area contributed by atoms with Crippen LogP contribution in [0.5, 0.6) is 0 Å². The maximum Gasteiger partial charge on any atom is 0.407 e. The van der Waals surface area contributed by atoms with E-state index in [9.17, 15) is 9.59 Å². The summed E-state index contributed by atoms with van der Waals surface area (Å²) < 4.78 is 12.1. The first-order chi connectivity index (χ1) is 17.2. The predicted octanol–water partition coefficient (Wildman–Crippen LogP) is 6.13. The largest absolute Gasteiger partial charge is 0.444 e. The van der Waals surface area contributed by atoms with Gasteiger partial charge in [-0.15, -0.1) is 21.5 Å². The predicted molar refractivity (Wildman–Crippen MR) is 137 cm³/mol. The summed E-state index contributed by atoms with van der Waals surface area (Å²) in [7, 11) is 0. The van der Waals surface area contributed by atoms with Gasteiger partial charge in [-0.25, -0.2) is 9.78 Å². The molecule has 0 spiro atoms. The van der Waals surface area contributed by atoms with Crippen molar-refractivity contribution >= 4 is 33.4 Å². The Morgan fingerprint density at radius 1 is 1.00 bits per heavy atom. The fraction of sp³-hybridized carbons (Fsp3) is 0.370. The van der Waals surface area contributed by atoms with Crippen LogP contribution in [-0.2, 0) is 4.74 Å². The number of nitrogens with zero attached hydrogens (tertiary/aromatic N) is 3. The van der Waals surface area contributed by atoms with Gasteiger partial charge in [0.1, 0.15) is 5.60 Å². The molecular weight excluding hydrogens is 476 g/mol. The van der Waals surface area contributed by atoms with Gasteiger partial charge in [0.2, 0.25) is 5.89 Å². The summed E-state index contributed by atoms with van der Waals surface area (Å²) in [4.78, 5) is 29.6. The van der Waals surface area contributed by atoms with Gasteiger partial charge in [0.25, 0.3) is 11.7 Å². The van der Waals surface area contributed by atoms with Gasteiger partial charge in [-0.3, -0.25) is 4.79 Å². The van der Waals surface area contributed by atoms with Crippen LogP contribution in [0, 0.1) is 0 Å². The Labute approximate surface area is 213 Å². The first-order valence-corrected chi connectivity index (χ1v) is 12.9. The zero-order chi connectivity index (χ0) is 25.3. The molecule has 0 bridgehead atoms. The quantitative estimate of drug-likeness (QED) is 0.326. The van der Waals surface area contributed by atoms with Gasteiger partial charge < -0.3 is 14.5 Å². The SMILES string of the molecule is CC(C)(C)OC(=O)N[C@H]1CC[C@H](c2nnc(C(=O)c3nc4ccc(-c5ccccc5)cc4s3)o2)CC1. The topological polar surface area (TPSA) is 107 Å². The molecule has 0 aliphatic heterocycles. The lowest BCUT2D eigenvalue weighted by molar-refractivity contribution is 0.0490. The number of ether oxygens (including phenoxy) is 1. The first-order valence-electron chi connectivity index (χ1n) is 12.1. The van der Waals surface area contributed by atoms with E-state index in [1.807, 2.05) is 57.2 Å². The molecular formula is C27H28N4O4S. The molecule has 1 fully saturated rings. The van der Waals surface area contributed by atoms with Crippen LogP contribution in [0.15, 0.2) is 52.9 Å². The van der Waals surface area contributed by atoms with Crippen molar-refractivity contribution in [3.63, 3.8) is 0 Å². The molecule has 186 valence electrons. The van der Waals surface area contributed by atoms with Crippen LogP contribution >= 0.6 is 11.3 Å². The number of hydrogen-bond acceptors (Lipinski definition) is 8. The monoisotopic (exact) mass is 504 g/mol. The van der Waals surface area contributed by atoms with Crippen molar-refractivity contribution in [2.24, 2.45) is 0 Å². The van der Waals surface area contributed by atoms with E-state index in [-0.39, 0.29) is 23.6 Å². The van der Waals surface area contributed by atoms with Crippen molar-refractivity contribution in [3.8, 4) is 11.1 Å². The average Bonchev–Trinajstić information content (AvgIpc) is 3.51. The maximum atomic E-state index is 13.0. The third-order valence-electron chi connectivity index (χ3n) is 6.12. The molecule has 4 aromatic rings. The van der Waals surface area contributed by atoms with Gasteiger partial charge in [0.15, 0.2) is 5.01 Å². The van der Waals surface area contributed by atoms with E-state index in [4.69, 9.17) is 9.15 Å². The normalized spacial score (nSPS) is 18.2. The van der Waals surface area contributed by atoms with Crippen molar-refractivity contribution in [2.75, 3.05) is 0 Å². The Hall–Kier alpha value is -3.59. The number of fused-ring (bicyclic) bond motifs is 1. The lowest BCUT2D eigenvalue weighted by atomic mass is 9.86. The molecule has 2 aromatic carbocycles. The molecule has 0 radical (unpaired) electrons. The van der Waals surface area contributed by atoms with E-state index in [1.165, 1.54) is 11.3 Å². The van der Waals surface area contributed by atoms with Crippen molar-refractivity contribution in [1.29, 1.82) is 0 Å². The molecule has 2 aromatic heterocycles. The van der Waals surface area contributed by atoms with Crippen molar-refractivity contribution < 1.29 is 18.7 Å². The average molecular weight is 505 g/mol. The summed E-state index contributed by atoms with van der Waals surface area (Å²) in [5.74, 6) is 0.110. The molecule has 1 aliphatic carbocycles. The number of carbonyl (C=O) groups is 2. The van der Waals surface area contributed by atoms with E-state index < -0.39 is 11.7 Å². The number of nitrogens with one attached hydrogen (secondary N) is 1. The number of amides is 1. The molecule has 36 heavy (non-hydrogen) atoms. The lowest BCUT2D eigenvalue weighted by Gasteiger charge is -2.28. The lowest BCUT2D eigenvalue weighted by Crippen LogP contribution is -2.40. The van der Waals surface area contributed by atoms with Crippen LogP contribution < -0.4 is 5.32 Å². The van der Waals surface area contributed by atoms with Crippen molar-refractivity contribution in [2.45, 2.75) is 64.0 Å². The molecule has 0 atom stereocenters. The zero-order valence-electron chi connectivity index (χ0n) is 20.5. The third kappa shape index (κ3) is 5.46. The smallest absolute Gasteiger partial charge is 0.407 e. The third-order valence-corrected chi connectivity index (χ3v) is 7.14. The van der Waals surface area contributed by atoms with E-state index in [1.54, 1.807) is 0 Å². The van der Waals surface area contributed by atoms with Gasteiger partial charge in [-0.05, 0) is 69.7 Å². The molecule has 1 amide bonds. The van der Waals surface area contributed by atoms with Gasteiger partial charge in [0, 0.05) is 12.0 Å². The highest BCUT2D eigenvalue weighted by atomic mass is 32.1. The minimum absolute atomic E-state index is 0.0404. The summed E-state index contributed by atoms with van der Waals surface area (Å²) in [5, 5.41) is 11.4. The summed E-state index contributed by atoms with van der Waals surface area (Å²) >= 11 is 1.32. The zero-order valence-corrected chi connectivity index (χ0v) is 21.3. The van der Waals surface area contributed by atoms with Crippen LogP contribution in [0.25, 0.3) is 21.3 Å². The van der Waals surface area contributed by atoms with Gasteiger partial charge in [-0.2, -0.15) is 0 Å². The van der Waals surface area contributed by atoms with E-state index in [2.05, 4.69) is 32.6 Å². The number of benzene rings is 2. The number of rotatable bonds is 5. The van der Waals surface area contributed by atoms with Crippen LogP contribution in [-0.4, -0.2) is 38.7 Å². The second kappa shape index (κ2) is 9.81. The molecule has 1 N–H and O–H groups in total. The number of alkyl carbamates (subject to hydrolysis) is 1. The van der Waals surface area contributed by atoms with Crippen LogP contribution in [0.2, 0.25) is 0 Å². The number of aromatic nitrogens is 3. The minimum Gasteiger partial charge on any atom is -0.444 e. The number of carbonyl (C=O) groups excluding carboxylic acids is 2. The molecule has 2 heterocycles. The van der Waals surface area contributed by atoms with Gasteiger partial charge in [-0.1, -0.05) is 36.4 Å². The highest BCUT2D eigenvalue weighted by Gasteiger charge is 2.30. The summed E-state index contributed by atoms with van der Waals surface area (Å²) in [6.45, 7) is 5.52. The standard InChI is InChI=1S/C27H28N4O4S/c1-27(2,3)35-26(33)28-19-12-9-17(10-13-19)23-30-31-24(34-23)22(32)25-29-20-14-11-18(15-21(20)36-25)16-7-5-4-6-8-16/h4-8,11,14-15,17,19H,9-10,12-13H2,1-3H3,(H,28,33)/t17-,19-. The Kier molecular flexibility index (Phi) is 6.57. The molecule has 0 unspecified atom stereocenters. The van der Waals surface area contributed by atoms with Crippen LogP contribution in [0.4, 0.5) is 4.79 Å². The van der Waals surface area contributed by atoms with E-state index >= 15 is 0 Å². The Bertz CT molecular complexity index is 1380. The highest BCUT2D eigenvalue weighted by molar-refractivity contribution is 7.20. The molecule has 1 saturated carbocycles. The Morgan fingerprint density at radius 2 is 1.75 bits per heavy atom. The maximum absolute atomic E-state index is 13.0. The minimum atomic E-state index is -0.526. The Morgan fingerprint density at radius 3 is 2.47 bits per heavy atom. The second-order valence-corrected chi connectivity index (χ2v) is 11.1. The summed E-state index contributed by atoms with van der Waals surface area (Å²) in [5.41, 5.74) is 2.42. The molecule has 9 heteroatoms. The fourth-order valence-electron chi connectivity index (χ4n) is 4.37. The first kappa shape index (κ1) is 24.1. The Balaban J connectivity index is 1.23. The van der Waals surface area contributed by atoms with Gasteiger partial charge in [0.05, 0.1) is 10.2 Å². The highest BCUT2D eigenvalue weighted by Crippen LogP contribution is 2.33. The van der Waals surface area contributed by atoms with Crippen molar-refractivity contribution in [1.82, 2.24) is 20.5 Å². The summed E-state index contributed by atoms with van der Waals surface area (Å²) in [6.07, 6.45) is 2.71. The number of ketones is 1. The van der Waals surface area contributed by atoms with Crippen LogP contribution in [0.3, 0.4) is 0 Å². The van der Waals surface area contributed by atoms with Gasteiger partial charge >= 0.3 is 6.09 Å². The van der Waals surface area contributed by atoms with Crippen LogP contribution in [0.1, 0.15) is 74.0 Å². The number of hydrogen-bond donors (Lipinski definition) is 1. The van der Waals surface area contributed by atoms with E-state index in [0.717, 1.165) is 47.0 Å². The second-order valence-electron chi connectivity index (χ2n) is 10.0. The fourth-order valence-corrected chi connectivity index (χ4v) is 5.31. The van der Waals surface area contributed by atoms with Crippen molar-refractivity contribution in [3.05, 3.63) is 65.3 Å². The molecule has 8 nitrogen and oxygen atoms in total. The van der Waals surface area contributed by atoms with E-state index in [0.29, 0.717) is 10.9 Å².